The van der Waals surface area contributed by atoms with Crippen LogP contribution in [0.15, 0.2) is 48.7 Å². The lowest BCUT2D eigenvalue weighted by Gasteiger charge is -2.40. The van der Waals surface area contributed by atoms with Gasteiger partial charge in [-0.2, -0.15) is 0 Å². The zero-order valence-electron chi connectivity index (χ0n) is 23.3. The fraction of sp³-hybridized carbons (Fsp3) is 0.414. The number of nitrogens with zero attached hydrogens (tertiary/aromatic N) is 3. The summed E-state index contributed by atoms with van der Waals surface area (Å²) in [6.45, 7) is 7.56. The third kappa shape index (κ3) is 7.22. The molecule has 1 aromatic heterocycles. The predicted molar refractivity (Wildman–Crippen MR) is 150 cm³/mol. The molecule has 40 heavy (non-hydrogen) atoms. The Balaban J connectivity index is 2.23. The maximum atomic E-state index is 14.9. The van der Waals surface area contributed by atoms with Gasteiger partial charge >= 0.3 is 0 Å². The summed E-state index contributed by atoms with van der Waals surface area (Å²) in [5, 5.41) is 12.9. The number of amides is 2. The summed E-state index contributed by atoms with van der Waals surface area (Å²) in [4.78, 5) is 31.0. The van der Waals surface area contributed by atoms with Gasteiger partial charge in [0, 0.05) is 24.0 Å². The number of benzene rings is 2. The van der Waals surface area contributed by atoms with Crippen LogP contribution in [-0.2, 0) is 16.1 Å². The molecule has 9 nitrogen and oxygen atoms in total. The van der Waals surface area contributed by atoms with Crippen molar-refractivity contribution in [1.29, 1.82) is 0 Å². The Labute approximate surface area is 233 Å². The van der Waals surface area contributed by atoms with Crippen molar-refractivity contribution >= 4 is 17.5 Å². The first-order valence-electron chi connectivity index (χ1n) is 13.1. The number of para-hydroxylation sites is 1. The molecule has 1 heterocycles. The third-order valence-corrected chi connectivity index (χ3v) is 6.60. The minimum absolute atomic E-state index is 0.0246. The quantitative estimate of drug-likeness (QED) is 0.270. The van der Waals surface area contributed by atoms with Crippen LogP contribution in [0.2, 0.25) is 0 Å². The molecule has 11 heteroatoms. The smallest absolute Gasteiger partial charge is 0.248 e. The van der Waals surface area contributed by atoms with Crippen molar-refractivity contribution in [2.75, 3.05) is 25.0 Å². The first kappa shape index (κ1) is 30.7. The Hall–Kier alpha value is -3.83. The number of imidazole rings is 1. The zero-order valence-corrected chi connectivity index (χ0v) is 23.3. The minimum atomic E-state index is -0.707. The van der Waals surface area contributed by atoms with Crippen molar-refractivity contribution in [2.45, 2.75) is 52.7 Å². The highest BCUT2D eigenvalue weighted by atomic mass is 19.1. The number of primary amides is 1. The van der Waals surface area contributed by atoms with Crippen molar-refractivity contribution in [1.82, 2.24) is 14.5 Å². The Morgan fingerprint density at radius 1 is 1.18 bits per heavy atom. The van der Waals surface area contributed by atoms with Crippen LogP contribution in [0.5, 0.6) is 0 Å². The predicted octanol–water partition coefficient (Wildman–Crippen LogP) is 3.42. The normalized spacial score (nSPS) is 13.1. The molecule has 3 rings (SSSR count). The highest BCUT2D eigenvalue weighted by molar-refractivity contribution is 5.82. The number of rotatable bonds is 12. The van der Waals surface area contributed by atoms with E-state index in [-0.39, 0.29) is 24.3 Å². The Bertz CT molecular complexity index is 1340. The molecule has 0 bridgehead atoms. The summed E-state index contributed by atoms with van der Waals surface area (Å²) in [5.41, 5.74) is 12.2. The van der Waals surface area contributed by atoms with Gasteiger partial charge < -0.3 is 31.4 Å². The molecule has 216 valence electrons. The van der Waals surface area contributed by atoms with Crippen LogP contribution in [0.3, 0.4) is 0 Å². The van der Waals surface area contributed by atoms with Gasteiger partial charge in [0.1, 0.15) is 30.1 Å². The Morgan fingerprint density at radius 3 is 2.50 bits per heavy atom. The van der Waals surface area contributed by atoms with Crippen molar-refractivity contribution in [3.63, 3.8) is 0 Å². The maximum absolute atomic E-state index is 14.9. The number of anilines is 1. The van der Waals surface area contributed by atoms with Crippen LogP contribution in [0, 0.1) is 17.0 Å². The van der Waals surface area contributed by atoms with Gasteiger partial charge in [0.2, 0.25) is 11.8 Å². The molecule has 0 unspecified atom stereocenters. The van der Waals surface area contributed by atoms with Gasteiger partial charge in [-0.15, -0.1) is 0 Å². The lowest BCUT2D eigenvalue weighted by atomic mass is 9.84. The number of hydrogen-bond donors (Lipinski definition) is 4. The molecule has 0 saturated heterocycles. The summed E-state index contributed by atoms with van der Waals surface area (Å²) in [6.07, 6.45) is 2.10. The summed E-state index contributed by atoms with van der Waals surface area (Å²) >= 11 is 0. The molecule has 2 amide bonds. The maximum Gasteiger partial charge on any atom is 0.248 e. The monoisotopic (exact) mass is 556 g/mol. The first-order chi connectivity index (χ1) is 18.9. The van der Waals surface area contributed by atoms with Gasteiger partial charge in [-0.1, -0.05) is 39.0 Å². The molecular formula is C29H38F2N6O3. The molecule has 0 aliphatic carbocycles. The van der Waals surface area contributed by atoms with E-state index >= 15 is 0 Å². The first-order valence-corrected chi connectivity index (χ1v) is 13.1. The number of halogens is 2. The Kier molecular flexibility index (Phi) is 9.99. The van der Waals surface area contributed by atoms with E-state index in [1.807, 2.05) is 45.0 Å². The highest BCUT2D eigenvalue weighted by Gasteiger charge is 2.38. The zero-order chi connectivity index (χ0) is 29.6. The van der Waals surface area contributed by atoms with Crippen LogP contribution in [0.1, 0.15) is 51.5 Å². The van der Waals surface area contributed by atoms with Crippen LogP contribution < -0.4 is 16.8 Å². The van der Waals surface area contributed by atoms with Crippen molar-refractivity contribution in [3.05, 3.63) is 71.7 Å². The number of carbonyl (C=O) groups is 2. The summed E-state index contributed by atoms with van der Waals surface area (Å²) in [5.74, 6) is -1.86. The molecule has 2 atom stereocenters. The van der Waals surface area contributed by atoms with Gasteiger partial charge in [-0.05, 0) is 55.1 Å². The van der Waals surface area contributed by atoms with Gasteiger partial charge in [0.05, 0.1) is 18.3 Å². The topological polar surface area (TPSA) is 140 Å². The average molecular weight is 557 g/mol. The van der Waals surface area contributed by atoms with Crippen LogP contribution >= 0.6 is 0 Å². The van der Waals surface area contributed by atoms with E-state index in [2.05, 4.69) is 5.32 Å². The SMILES string of the molecule is C[C@H](Nc1ccccc1Cn1cc(-c2cc(F)ccc2F)nc1[C@H](N(CCCN)C(=O)CO)C(C)(C)C)C(N)=O. The van der Waals surface area contributed by atoms with Crippen molar-refractivity contribution in [2.24, 2.45) is 16.9 Å². The molecule has 3 aromatic rings. The number of aliphatic hydroxyl groups is 1. The van der Waals surface area contributed by atoms with Crippen LogP contribution in [0.4, 0.5) is 14.5 Å². The molecule has 6 N–H and O–H groups in total. The molecule has 0 fully saturated rings. The molecule has 0 saturated carbocycles. The second-order valence-corrected chi connectivity index (χ2v) is 10.8. The van der Waals surface area contributed by atoms with E-state index in [1.54, 1.807) is 17.7 Å². The average Bonchev–Trinajstić information content (AvgIpc) is 3.30. The molecular weight excluding hydrogens is 518 g/mol. The second-order valence-electron chi connectivity index (χ2n) is 10.8. The van der Waals surface area contributed by atoms with Crippen LogP contribution in [0.25, 0.3) is 11.3 Å². The highest BCUT2D eigenvalue weighted by Crippen LogP contribution is 2.39. The summed E-state index contributed by atoms with van der Waals surface area (Å²) in [6, 6.07) is 9.17. The van der Waals surface area contributed by atoms with Crippen LogP contribution in [-0.4, -0.2) is 57.1 Å². The number of aromatic nitrogens is 2. The number of nitrogens with one attached hydrogen (secondary N) is 1. The van der Waals surface area contributed by atoms with E-state index in [0.29, 0.717) is 24.5 Å². The molecule has 0 radical (unpaired) electrons. The largest absolute Gasteiger partial charge is 0.387 e. The van der Waals surface area contributed by atoms with E-state index in [1.165, 1.54) is 4.90 Å². The lowest BCUT2D eigenvalue weighted by molar-refractivity contribution is -0.139. The van der Waals surface area contributed by atoms with E-state index in [4.69, 9.17) is 16.5 Å². The van der Waals surface area contributed by atoms with E-state index < -0.39 is 47.6 Å². The van der Waals surface area contributed by atoms with Gasteiger partial charge in [-0.3, -0.25) is 9.59 Å². The van der Waals surface area contributed by atoms with Crippen molar-refractivity contribution < 1.29 is 23.5 Å². The van der Waals surface area contributed by atoms with Gasteiger partial charge in [0.15, 0.2) is 0 Å². The van der Waals surface area contributed by atoms with E-state index in [9.17, 15) is 23.5 Å². The summed E-state index contributed by atoms with van der Waals surface area (Å²) in [7, 11) is 0. The molecule has 0 spiro atoms. The Morgan fingerprint density at radius 2 is 1.88 bits per heavy atom. The fourth-order valence-electron chi connectivity index (χ4n) is 4.63. The number of nitrogens with two attached hydrogens (primary N) is 2. The lowest BCUT2D eigenvalue weighted by Crippen LogP contribution is -2.44. The fourth-order valence-corrected chi connectivity index (χ4v) is 4.63. The van der Waals surface area contributed by atoms with Crippen molar-refractivity contribution in [3.8, 4) is 11.3 Å². The number of aliphatic hydroxyl groups excluding tert-OH is 1. The van der Waals surface area contributed by atoms with E-state index in [0.717, 1.165) is 23.8 Å². The van der Waals surface area contributed by atoms with Gasteiger partial charge in [-0.25, -0.2) is 13.8 Å². The molecule has 2 aromatic carbocycles. The second kappa shape index (κ2) is 13.0. The van der Waals surface area contributed by atoms with Gasteiger partial charge in [0.25, 0.3) is 0 Å². The standard InChI is InChI=1S/C29H38F2N6O3/c1-18(27(33)40)34-23-9-6-5-8-19(23)15-36-16-24(21-14-20(30)10-11-22(21)31)35-28(36)26(29(2,3)4)37(13-7-12-32)25(39)17-38/h5-6,8-11,14,16,18,26,34,38H,7,12-13,15,17,32H2,1-4H3,(H2,33,40)/t18-,26-/m0/s1. The minimum Gasteiger partial charge on any atom is -0.387 e. The molecule has 0 aliphatic rings. The molecule has 0 aliphatic heterocycles. The number of hydrogen-bond acceptors (Lipinski definition) is 6. The number of carbonyl (C=O) groups excluding carboxylic acids is 2. The summed E-state index contributed by atoms with van der Waals surface area (Å²) < 4.78 is 30.8. The third-order valence-electron chi connectivity index (χ3n) is 6.60.